The topological polar surface area (TPSA) is 64.1 Å². The van der Waals surface area contributed by atoms with Crippen LogP contribution in [0.4, 0.5) is 5.82 Å². The summed E-state index contributed by atoms with van der Waals surface area (Å²) in [5.41, 5.74) is 0.516. The fourth-order valence-corrected chi connectivity index (χ4v) is 2.48. The molecule has 0 saturated carbocycles. The lowest BCUT2D eigenvalue weighted by Crippen LogP contribution is -2.14. The van der Waals surface area contributed by atoms with Gasteiger partial charge in [0.05, 0.1) is 12.3 Å². The SMILES string of the molecule is CC(C)Oc1ccc(C(=O)Nc2ncc(Br)nc2Br)cc1. The molecule has 1 amide bonds. The number of benzene rings is 1. The Hall–Kier alpha value is -1.47. The third-order valence-corrected chi connectivity index (χ3v) is 3.36. The Labute approximate surface area is 139 Å². The Bertz CT molecular complexity index is 645. The normalized spacial score (nSPS) is 10.5. The predicted molar refractivity (Wildman–Crippen MR) is 87.6 cm³/mol. The van der Waals surface area contributed by atoms with Crippen LogP contribution in [0.1, 0.15) is 24.2 Å². The highest BCUT2D eigenvalue weighted by molar-refractivity contribution is 9.11. The third kappa shape index (κ3) is 4.50. The van der Waals surface area contributed by atoms with Crippen LogP contribution in [0.15, 0.2) is 39.7 Å². The zero-order valence-corrected chi connectivity index (χ0v) is 14.6. The van der Waals surface area contributed by atoms with E-state index in [2.05, 4.69) is 47.1 Å². The molecule has 5 nitrogen and oxygen atoms in total. The van der Waals surface area contributed by atoms with Crippen molar-refractivity contribution >= 4 is 43.6 Å². The molecule has 110 valence electrons. The first-order valence-corrected chi connectivity index (χ1v) is 7.80. The molecule has 1 aromatic heterocycles. The maximum atomic E-state index is 12.1. The smallest absolute Gasteiger partial charge is 0.256 e. The number of carbonyl (C=O) groups is 1. The van der Waals surface area contributed by atoms with E-state index in [1.807, 2.05) is 13.8 Å². The van der Waals surface area contributed by atoms with Crippen molar-refractivity contribution in [2.45, 2.75) is 20.0 Å². The number of carbonyl (C=O) groups excluding carboxylic acids is 1. The summed E-state index contributed by atoms with van der Waals surface area (Å²) >= 11 is 6.45. The summed E-state index contributed by atoms with van der Waals surface area (Å²) < 4.78 is 6.58. The molecule has 0 radical (unpaired) electrons. The van der Waals surface area contributed by atoms with Gasteiger partial charge in [-0.15, -0.1) is 0 Å². The van der Waals surface area contributed by atoms with E-state index >= 15 is 0 Å². The summed E-state index contributed by atoms with van der Waals surface area (Å²) in [6.45, 7) is 3.90. The number of ether oxygens (including phenoxy) is 1. The number of amides is 1. The summed E-state index contributed by atoms with van der Waals surface area (Å²) in [7, 11) is 0. The number of halogens is 2. The van der Waals surface area contributed by atoms with Crippen LogP contribution in [0.5, 0.6) is 5.75 Å². The Morgan fingerprint density at radius 3 is 2.48 bits per heavy atom. The first-order valence-electron chi connectivity index (χ1n) is 6.22. The second kappa shape index (κ2) is 7.00. The van der Waals surface area contributed by atoms with Crippen LogP contribution >= 0.6 is 31.9 Å². The number of anilines is 1. The highest BCUT2D eigenvalue weighted by Crippen LogP contribution is 2.20. The van der Waals surface area contributed by atoms with Crippen LogP contribution in [0, 0.1) is 0 Å². The first-order chi connectivity index (χ1) is 9.95. The lowest BCUT2D eigenvalue weighted by Gasteiger charge is -2.10. The van der Waals surface area contributed by atoms with Crippen molar-refractivity contribution in [3.05, 3.63) is 45.2 Å². The summed E-state index contributed by atoms with van der Waals surface area (Å²) in [6.07, 6.45) is 1.61. The van der Waals surface area contributed by atoms with Gasteiger partial charge in [0.15, 0.2) is 5.82 Å². The van der Waals surface area contributed by atoms with Crippen LogP contribution in [0.3, 0.4) is 0 Å². The fourth-order valence-electron chi connectivity index (χ4n) is 1.57. The second-order valence-corrected chi connectivity index (χ2v) is 6.04. The summed E-state index contributed by atoms with van der Waals surface area (Å²) in [5.74, 6) is 0.834. The van der Waals surface area contributed by atoms with Crippen LogP contribution in [-0.4, -0.2) is 22.0 Å². The van der Waals surface area contributed by atoms with Crippen molar-refractivity contribution in [3.8, 4) is 5.75 Å². The number of rotatable bonds is 4. The highest BCUT2D eigenvalue weighted by atomic mass is 79.9. The van der Waals surface area contributed by atoms with Gasteiger partial charge in [0.1, 0.15) is 15.0 Å². The van der Waals surface area contributed by atoms with Gasteiger partial charge >= 0.3 is 0 Å². The molecule has 0 aliphatic carbocycles. The van der Waals surface area contributed by atoms with Crippen molar-refractivity contribution in [2.75, 3.05) is 5.32 Å². The molecule has 0 aliphatic rings. The Kier molecular flexibility index (Phi) is 5.30. The molecule has 0 atom stereocenters. The van der Waals surface area contributed by atoms with E-state index in [-0.39, 0.29) is 12.0 Å². The van der Waals surface area contributed by atoms with Gasteiger partial charge in [-0.2, -0.15) is 0 Å². The highest BCUT2D eigenvalue weighted by Gasteiger charge is 2.11. The maximum Gasteiger partial charge on any atom is 0.256 e. The molecule has 21 heavy (non-hydrogen) atoms. The summed E-state index contributed by atoms with van der Waals surface area (Å²) in [5, 5.41) is 2.69. The molecule has 0 aliphatic heterocycles. The zero-order valence-electron chi connectivity index (χ0n) is 11.4. The third-order valence-electron chi connectivity index (χ3n) is 2.42. The van der Waals surface area contributed by atoms with Gasteiger partial charge < -0.3 is 10.1 Å². The fraction of sp³-hybridized carbons (Fsp3) is 0.214. The van der Waals surface area contributed by atoms with Crippen molar-refractivity contribution in [1.29, 1.82) is 0 Å². The average Bonchev–Trinajstić information content (AvgIpc) is 2.42. The van der Waals surface area contributed by atoms with Crippen molar-refractivity contribution in [2.24, 2.45) is 0 Å². The van der Waals surface area contributed by atoms with Gasteiger partial charge in [-0.25, -0.2) is 9.97 Å². The lowest BCUT2D eigenvalue weighted by molar-refractivity contribution is 0.102. The van der Waals surface area contributed by atoms with Gasteiger partial charge in [-0.3, -0.25) is 4.79 Å². The molecule has 1 heterocycles. The molecule has 1 aromatic carbocycles. The maximum absolute atomic E-state index is 12.1. The monoisotopic (exact) mass is 413 g/mol. The Morgan fingerprint density at radius 1 is 1.24 bits per heavy atom. The first kappa shape index (κ1) is 15.9. The summed E-state index contributed by atoms with van der Waals surface area (Å²) in [4.78, 5) is 20.3. The predicted octanol–water partition coefficient (Wildman–Crippen LogP) is 4.04. The van der Waals surface area contributed by atoms with E-state index in [1.54, 1.807) is 24.3 Å². The van der Waals surface area contributed by atoms with Gasteiger partial charge in [-0.1, -0.05) is 0 Å². The lowest BCUT2D eigenvalue weighted by atomic mass is 10.2. The number of hydrogen-bond donors (Lipinski definition) is 1. The summed E-state index contributed by atoms with van der Waals surface area (Å²) in [6, 6.07) is 6.93. The molecule has 0 saturated heterocycles. The molecular weight excluding hydrogens is 402 g/mol. The van der Waals surface area contributed by atoms with Crippen molar-refractivity contribution in [1.82, 2.24) is 9.97 Å². The standard InChI is InChI=1S/C14H13Br2N3O2/c1-8(2)21-10-5-3-9(4-6-10)14(20)19-13-12(16)18-11(15)7-17-13/h3-8H,1-2H3,(H,17,19,20). The van der Waals surface area contributed by atoms with Gasteiger partial charge in [-0.05, 0) is 70.0 Å². The van der Waals surface area contributed by atoms with E-state index < -0.39 is 0 Å². The van der Waals surface area contributed by atoms with Crippen molar-refractivity contribution < 1.29 is 9.53 Å². The molecular formula is C14H13Br2N3O2. The van der Waals surface area contributed by atoms with Gasteiger partial charge in [0.25, 0.3) is 5.91 Å². The number of nitrogens with one attached hydrogen (secondary N) is 1. The molecule has 2 rings (SSSR count). The average molecular weight is 415 g/mol. The Balaban J connectivity index is 2.09. The molecule has 7 heteroatoms. The van der Waals surface area contributed by atoms with Gasteiger partial charge in [0, 0.05) is 5.56 Å². The van der Waals surface area contributed by atoms with Crippen LogP contribution < -0.4 is 10.1 Å². The van der Waals surface area contributed by atoms with E-state index in [0.29, 0.717) is 20.6 Å². The number of aromatic nitrogens is 2. The molecule has 0 unspecified atom stereocenters. The quantitative estimate of drug-likeness (QED) is 0.819. The molecule has 1 N–H and O–H groups in total. The van der Waals surface area contributed by atoms with Gasteiger partial charge in [0.2, 0.25) is 0 Å². The van der Waals surface area contributed by atoms with E-state index in [9.17, 15) is 4.79 Å². The van der Waals surface area contributed by atoms with E-state index in [1.165, 1.54) is 6.20 Å². The second-order valence-electron chi connectivity index (χ2n) is 4.48. The molecule has 2 aromatic rings. The van der Waals surface area contributed by atoms with E-state index in [4.69, 9.17) is 4.74 Å². The largest absolute Gasteiger partial charge is 0.491 e. The minimum Gasteiger partial charge on any atom is -0.491 e. The van der Waals surface area contributed by atoms with E-state index in [0.717, 1.165) is 5.75 Å². The Morgan fingerprint density at radius 2 is 1.90 bits per heavy atom. The molecule has 0 bridgehead atoms. The van der Waals surface area contributed by atoms with Crippen LogP contribution in [0.2, 0.25) is 0 Å². The number of hydrogen-bond acceptors (Lipinski definition) is 4. The van der Waals surface area contributed by atoms with Crippen molar-refractivity contribution in [3.63, 3.8) is 0 Å². The molecule has 0 spiro atoms. The minimum absolute atomic E-state index is 0.0960. The zero-order chi connectivity index (χ0) is 15.4. The van der Waals surface area contributed by atoms with Crippen LogP contribution in [0.25, 0.3) is 0 Å². The minimum atomic E-state index is -0.261. The molecule has 0 fully saturated rings. The number of nitrogens with zero attached hydrogens (tertiary/aromatic N) is 2. The van der Waals surface area contributed by atoms with Crippen LogP contribution in [-0.2, 0) is 0 Å².